The van der Waals surface area contributed by atoms with Crippen molar-refractivity contribution in [2.45, 2.75) is 56.5 Å². The Kier molecular flexibility index (Phi) is 10.0. The van der Waals surface area contributed by atoms with Crippen molar-refractivity contribution in [2.24, 2.45) is 11.8 Å². The molecule has 0 aliphatic carbocycles. The van der Waals surface area contributed by atoms with Gasteiger partial charge in [-0.25, -0.2) is 0 Å². The van der Waals surface area contributed by atoms with Crippen LogP contribution in [0.1, 0.15) is 31.7 Å². The number of ether oxygens (including phenoxy) is 2. The number of amides is 3. The predicted octanol–water partition coefficient (Wildman–Crippen LogP) is 1.69. The van der Waals surface area contributed by atoms with Gasteiger partial charge in [0.2, 0.25) is 17.7 Å². The Balaban J connectivity index is 1.46. The highest BCUT2D eigenvalue weighted by molar-refractivity contribution is 5.99. The van der Waals surface area contributed by atoms with Gasteiger partial charge in [0.15, 0.2) is 0 Å². The first-order valence-corrected chi connectivity index (χ1v) is 15.6. The first-order chi connectivity index (χ1) is 20.9. The number of aliphatic hydroxyl groups is 1. The maximum atomic E-state index is 14.6. The molecule has 1 N–H and O–H groups in total. The molecule has 10 nitrogen and oxygen atoms in total. The third kappa shape index (κ3) is 5.90. The maximum absolute atomic E-state index is 14.6. The fourth-order valence-corrected chi connectivity index (χ4v) is 7.57. The Morgan fingerprint density at radius 2 is 1.81 bits per heavy atom. The molecule has 4 saturated heterocycles. The Morgan fingerprint density at radius 3 is 2.47 bits per heavy atom. The summed E-state index contributed by atoms with van der Waals surface area (Å²) in [4.78, 5) is 50.5. The first-order valence-electron chi connectivity index (χ1n) is 15.6. The number of carbonyl (C=O) groups excluding carboxylic acids is 3. The molecule has 234 valence electrons. The minimum Gasteiger partial charge on any atom is -0.394 e. The second-order valence-electron chi connectivity index (χ2n) is 12.1. The fourth-order valence-electron chi connectivity index (χ4n) is 7.57. The highest BCUT2D eigenvalue weighted by Gasteiger charge is 2.75. The molecule has 1 aromatic rings. The van der Waals surface area contributed by atoms with E-state index in [0.717, 1.165) is 18.7 Å². The molecule has 5 rings (SSSR count). The minimum absolute atomic E-state index is 0.158. The van der Waals surface area contributed by atoms with E-state index in [1.807, 2.05) is 37.3 Å². The number of rotatable bonds is 14. The molecule has 3 amide bonds. The van der Waals surface area contributed by atoms with Crippen LogP contribution in [0.25, 0.3) is 0 Å². The van der Waals surface area contributed by atoms with E-state index >= 15 is 0 Å². The molecule has 6 atom stereocenters. The number of morpholine rings is 1. The maximum Gasteiger partial charge on any atom is 0.248 e. The predicted molar refractivity (Wildman–Crippen MR) is 162 cm³/mol. The zero-order valence-corrected chi connectivity index (χ0v) is 25.3. The number of carbonyl (C=O) groups is 3. The van der Waals surface area contributed by atoms with Crippen LogP contribution in [0.3, 0.4) is 0 Å². The SMILES string of the molecule is C=CCN(CCN1CCOCC1)C(=O)C1N([C@@H](CC)CO)C(=O)[C@@H]2[C@H](C(=O)N(CC=C)Cc3ccccc3)[C@@H]3CCC12O3. The number of aliphatic hydroxyl groups excluding tert-OH is 1. The molecule has 1 spiro atoms. The van der Waals surface area contributed by atoms with Crippen molar-refractivity contribution < 1.29 is 29.0 Å². The lowest BCUT2D eigenvalue weighted by molar-refractivity contribution is -0.152. The molecule has 43 heavy (non-hydrogen) atoms. The summed E-state index contributed by atoms with van der Waals surface area (Å²) in [5.74, 6) is -2.14. The van der Waals surface area contributed by atoms with E-state index in [4.69, 9.17) is 9.47 Å². The van der Waals surface area contributed by atoms with Crippen molar-refractivity contribution in [3.8, 4) is 0 Å². The Morgan fingerprint density at radius 1 is 1.12 bits per heavy atom. The number of likely N-dealkylation sites (tertiary alicyclic amines) is 1. The molecule has 1 aromatic carbocycles. The molecular weight excluding hydrogens is 548 g/mol. The smallest absolute Gasteiger partial charge is 0.248 e. The molecule has 0 aromatic heterocycles. The largest absolute Gasteiger partial charge is 0.394 e. The number of benzene rings is 1. The lowest BCUT2D eigenvalue weighted by Gasteiger charge is -2.39. The standard InChI is InChI=1S/C33H46N4O6/c1-4-14-35(17-16-34-18-20-42-21-19-34)32(41)29-33-13-12-26(43-33)27(28(33)31(40)37(29)25(6-3)23-38)30(39)36(15-5-2)22-24-10-8-7-9-11-24/h4-5,7-11,25-29,38H,1-2,6,12-23H2,3H3/t25-,26-,27+,28-,29?,33?/m0/s1. The van der Waals surface area contributed by atoms with E-state index in [2.05, 4.69) is 18.1 Å². The monoisotopic (exact) mass is 594 g/mol. The zero-order chi connectivity index (χ0) is 30.6. The van der Waals surface area contributed by atoms with Crippen molar-refractivity contribution in [1.82, 2.24) is 19.6 Å². The third-order valence-electron chi connectivity index (χ3n) is 9.66. The fraction of sp³-hybridized carbons (Fsp3) is 0.606. The summed E-state index contributed by atoms with van der Waals surface area (Å²) >= 11 is 0. The van der Waals surface area contributed by atoms with Gasteiger partial charge in [0.25, 0.3) is 0 Å². The highest BCUT2D eigenvalue weighted by Crippen LogP contribution is 2.59. The lowest BCUT2D eigenvalue weighted by Crippen LogP contribution is -2.59. The third-order valence-corrected chi connectivity index (χ3v) is 9.66. The normalized spacial score (nSPS) is 28.9. The van der Waals surface area contributed by atoms with E-state index in [1.165, 1.54) is 0 Å². The first kappa shape index (κ1) is 31.4. The number of hydrogen-bond donors (Lipinski definition) is 1. The van der Waals surface area contributed by atoms with Crippen LogP contribution in [-0.2, 0) is 30.4 Å². The Hall–Kier alpha value is -3.05. The van der Waals surface area contributed by atoms with Gasteiger partial charge in [-0.2, -0.15) is 0 Å². The highest BCUT2D eigenvalue weighted by atomic mass is 16.5. The van der Waals surface area contributed by atoms with E-state index < -0.39 is 35.6 Å². The Bertz CT molecular complexity index is 1170. The van der Waals surface area contributed by atoms with Crippen molar-refractivity contribution >= 4 is 17.7 Å². The minimum atomic E-state index is -1.12. The molecule has 4 fully saturated rings. The van der Waals surface area contributed by atoms with Crippen molar-refractivity contribution in [3.05, 3.63) is 61.2 Å². The molecular formula is C33H46N4O6. The second kappa shape index (κ2) is 13.7. The average Bonchev–Trinajstić information content (AvgIpc) is 3.68. The van der Waals surface area contributed by atoms with Crippen LogP contribution in [0, 0.1) is 11.8 Å². The van der Waals surface area contributed by atoms with Gasteiger partial charge in [-0.05, 0) is 24.8 Å². The average molecular weight is 595 g/mol. The van der Waals surface area contributed by atoms with Gasteiger partial charge in [-0.1, -0.05) is 49.4 Å². The summed E-state index contributed by atoms with van der Waals surface area (Å²) in [6.07, 6.45) is 4.53. The van der Waals surface area contributed by atoms with E-state index in [-0.39, 0.29) is 24.3 Å². The van der Waals surface area contributed by atoms with Crippen molar-refractivity contribution in [1.29, 1.82) is 0 Å². The summed E-state index contributed by atoms with van der Waals surface area (Å²) < 4.78 is 12.1. The lowest BCUT2D eigenvalue weighted by atomic mass is 9.70. The topological polar surface area (TPSA) is 103 Å². The summed E-state index contributed by atoms with van der Waals surface area (Å²) in [7, 11) is 0. The molecule has 4 aliphatic rings. The molecule has 4 aliphatic heterocycles. The number of hydrogen-bond acceptors (Lipinski definition) is 7. The van der Waals surface area contributed by atoms with E-state index in [1.54, 1.807) is 26.9 Å². The van der Waals surface area contributed by atoms with Gasteiger partial charge >= 0.3 is 0 Å². The summed E-state index contributed by atoms with van der Waals surface area (Å²) in [6.45, 7) is 14.5. The van der Waals surface area contributed by atoms with Crippen LogP contribution in [-0.4, -0.2) is 125 Å². The number of nitrogens with zero attached hydrogens (tertiary/aromatic N) is 4. The van der Waals surface area contributed by atoms with Crippen molar-refractivity contribution in [2.75, 3.05) is 59.1 Å². The second-order valence-corrected chi connectivity index (χ2v) is 12.1. The molecule has 0 saturated carbocycles. The van der Waals surface area contributed by atoms with Gasteiger partial charge in [-0.3, -0.25) is 19.3 Å². The van der Waals surface area contributed by atoms with Crippen LogP contribution in [0.15, 0.2) is 55.6 Å². The van der Waals surface area contributed by atoms with Crippen LogP contribution in [0.4, 0.5) is 0 Å². The van der Waals surface area contributed by atoms with Gasteiger partial charge in [0, 0.05) is 45.8 Å². The summed E-state index contributed by atoms with van der Waals surface area (Å²) in [6, 6.07) is 8.26. The molecule has 2 bridgehead atoms. The van der Waals surface area contributed by atoms with Gasteiger partial charge in [-0.15, -0.1) is 13.2 Å². The van der Waals surface area contributed by atoms with E-state index in [0.29, 0.717) is 65.2 Å². The summed E-state index contributed by atoms with van der Waals surface area (Å²) in [5.41, 5.74) is -0.136. The quantitative estimate of drug-likeness (QED) is 0.327. The molecule has 10 heteroatoms. The van der Waals surface area contributed by atoms with Gasteiger partial charge < -0.3 is 29.3 Å². The molecule has 4 heterocycles. The van der Waals surface area contributed by atoms with Crippen LogP contribution in [0.2, 0.25) is 0 Å². The molecule has 2 unspecified atom stereocenters. The van der Waals surface area contributed by atoms with E-state index in [9.17, 15) is 19.5 Å². The molecule has 0 radical (unpaired) electrons. The van der Waals surface area contributed by atoms with Gasteiger partial charge in [0.1, 0.15) is 11.6 Å². The van der Waals surface area contributed by atoms with Crippen LogP contribution in [0.5, 0.6) is 0 Å². The zero-order valence-electron chi connectivity index (χ0n) is 25.3. The Labute approximate surface area is 254 Å². The summed E-state index contributed by atoms with van der Waals surface area (Å²) in [5, 5.41) is 10.4. The van der Waals surface area contributed by atoms with Crippen LogP contribution >= 0.6 is 0 Å². The van der Waals surface area contributed by atoms with Crippen LogP contribution < -0.4 is 0 Å². The number of fused-ring (bicyclic) bond motifs is 1. The van der Waals surface area contributed by atoms with Gasteiger partial charge in [0.05, 0.1) is 43.8 Å². The van der Waals surface area contributed by atoms with Crippen molar-refractivity contribution in [3.63, 3.8) is 0 Å².